The molecule has 6 nitrogen and oxygen atoms in total. The predicted molar refractivity (Wildman–Crippen MR) is 174 cm³/mol. The normalized spacial score (nSPS) is 15.2. The monoisotopic (exact) mass is 651 g/mol. The van der Waals surface area contributed by atoms with Gasteiger partial charge in [0.1, 0.15) is 0 Å². The second kappa shape index (κ2) is 15.5. The molecule has 0 aromatic heterocycles. The lowest BCUT2D eigenvalue weighted by Gasteiger charge is -2.34. The smallest absolute Gasteiger partial charge is 0.348 e. The van der Waals surface area contributed by atoms with Crippen molar-refractivity contribution < 1.29 is 18.7 Å². The van der Waals surface area contributed by atoms with Crippen molar-refractivity contribution >= 4 is 33.5 Å². The highest BCUT2D eigenvalue weighted by atomic mass is 79.9. The first kappa shape index (κ1) is 32.7. The number of ether oxygens (including phenoxy) is 1. The second-order valence-electron chi connectivity index (χ2n) is 11.4. The molecule has 3 aromatic carbocycles. The number of amides is 1. The van der Waals surface area contributed by atoms with Crippen molar-refractivity contribution in [2.45, 2.75) is 77.0 Å². The van der Waals surface area contributed by atoms with Gasteiger partial charge < -0.3 is 15.8 Å². The van der Waals surface area contributed by atoms with E-state index in [0.717, 1.165) is 23.2 Å². The Kier molecular flexibility index (Phi) is 11.8. The molecule has 1 saturated carbocycles. The number of nitrogen functional groups attached to an aromatic ring is 1. The standard InChI is InChI=1S/C35H43BrFN3O3/c1-3-40(30-14-8-5-9-15-30)24-28-22-27(23-31(36)32(28)38)33(41)39-20-10-11-21-43-34(42)35(2,37)29-18-16-26(17-19-29)25-12-6-4-7-13-25/h4,6-7,12-13,16-19,22-23,30H,3,5,8-11,14-15,20-21,24,38H2,1-2H3,(H,39,41). The Labute approximate surface area is 263 Å². The van der Waals surface area contributed by atoms with Gasteiger partial charge in [-0.2, -0.15) is 0 Å². The number of benzene rings is 3. The SMILES string of the molecule is CCN(Cc1cc(C(=O)NCCCCOC(=O)C(C)(F)c2ccc(-c3ccccc3)cc2)cc(Br)c1N)C1CCCCC1. The summed E-state index contributed by atoms with van der Waals surface area (Å²) in [5, 5.41) is 2.94. The van der Waals surface area contributed by atoms with E-state index in [1.165, 1.54) is 39.0 Å². The second-order valence-corrected chi connectivity index (χ2v) is 12.3. The molecule has 1 amide bonds. The zero-order valence-electron chi connectivity index (χ0n) is 25.2. The van der Waals surface area contributed by atoms with E-state index in [0.29, 0.717) is 47.7 Å². The van der Waals surface area contributed by atoms with Crippen molar-refractivity contribution in [3.63, 3.8) is 0 Å². The first-order chi connectivity index (χ1) is 20.7. The Morgan fingerprint density at radius 2 is 1.70 bits per heavy atom. The zero-order chi connectivity index (χ0) is 30.8. The number of nitrogens with two attached hydrogens (primary N) is 1. The molecule has 230 valence electrons. The van der Waals surface area contributed by atoms with Gasteiger partial charge in [-0.1, -0.05) is 80.8 Å². The Bertz CT molecular complexity index is 1360. The molecular formula is C35H43BrFN3O3. The van der Waals surface area contributed by atoms with Crippen LogP contribution in [0.15, 0.2) is 71.2 Å². The van der Waals surface area contributed by atoms with Gasteiger partial charge in [0, 0.05) is 34.7 Å². The van der Waals surface area contributed by atoms with Crippen LogP contribution < -0.4 is 11.1 Å². The van der Waals surface area contributed by atoms with E-state index in [1.807, 2.05) is 36.4 Å². The van der Waals surface area contributed by atoms with Gasteiger partial charge in [-0.25, -0.2) is 9.18 Å². The maximum Gasteiger partial charge on any atom is 0.348 e. The first-order valence-electron chi connectivity index (χ1n) is 15.3. The van der Waals surface area contributed by atoms with E-state index in [1.54, 1.807) is 30.3 Å². The summed E-state index contributed by atoms with van der Waals surface area (Å²) in [6.07, 6.45) is 7.32. The fourth-order valence-corrected chi connectivity index (χ4v) is 6.16. The minimum absolute atomic E-state index is 0.0713. The van der Waals surface area contributed by atoms with Crippen LogP contribution in [-0.2, 0) is 21.7 Å². The quantitative estimate of drug-likeness (QED) is 0.112. The van der Waals surface area contributed by atoms with E-state index >= 15 is 4.39 Å². The van der Waals surface area contributed by atoms with Gasteiger partial charge in [-0.3, -0.25) is 9.69 Å². The van der Waals surface area contributed by atoms with Gasteiger partial charge in [0.15, 0.2) is 0 Å². The number of anilines is 1. The third-order valence-electron chi connectivity index (χ3n) is 8.36. The van der Waals surface area contributed by atoms with Crippen molar-refractivity contribution in [3.8, 4) is 11.1 Å². The molecular weight excluding hydrogens is 609 g/mol. The maximum absolute atomic E-state index is 15.4. The number of alkyl halides is 1. The van der Waals surface area contributed by atoms with Crippen LogP contribution in [0.25, 0.3) is 11.1 Å². The Morgan fingerprint density at radius 3 is 2.37 bits per heavy atom. The van der Waals surface area contributed by atoms with E-state index in [9.17, 15) is 9.59 Å². The van der Waals surface area contributed by atoms with Gasteiger partial charge in [-0.05, 0) is 83.9 Å². The Morgan fingerprint density at radius 1 is 1.02 bits per heavy atom. The van der Waals surface area contributed by atoms with Crippen molar-refractivity contribution in [3.05, 3.63) is 87.9 Å². The lowest BCUT2D eigenvalue weighted by Crippen LogP contribution is -2.36. The summed E-state index contributed by atoms with van der Waals surface area (Å²) < 4.78 is 21.3. The van der Waals surface area contributed by atoms with Crippen LogP contribution in [0.2, 0.25) is 0 Å². The molecule has 0 radical (unpaired) electrons. The van der Waals surface area contributed by atoms with Crippen molar-refractivity contribution in [1.29, 1.82) is 0 Å². The molecule has 3 N–H and O–H groups in total. The van der Waals surface area contributed by atoms with Gasteiger partial charge in [0.25, 0.3) is 5.91 Å². The number of hydrogen-bond donors (Lipinski definition) is 2. The van der Waals surface area contributed by atoms with Crippen LogP contribution in [0.3, 0.4) is 0 Å². The minimum atomic E-state index is -2.26. The van der Waals surface area contributed by atoms with Crippen LogP contribution >= 0.6 is 15.9 Å². The summed E-state index contributed by atoms with van der Waals surface area (Å²) in [6.45, 7) is 5.52. The van der Waals surface area contributed by atoms with Crippen LogP contribution in [0.5, 0.6) is 0 Å². The lowest BCUT2D eigenvalue weighted by molar-refractivity contribution is -0.157. The van der Waals surface area contributed by atoms with Gasteiger partial charge in [0.05, 0.1) is 12.3 Å². The van der Waals surface area contributed by atoms with Crippen LogP contribution in [0, 0.1) is 0 Å². The first-order valence-corrected chi connectivity index (χ1v) is 16.1. The number of unbranched alkanes of at least 4 members (excludes halogenated alkanes) is 1. The molecule has 3 aromatic rings. The van der Waals surface area contributed by atoms with Crippen LogP contribution in [-0.4, -0.2) is 42.5 Å². The largest absolute Gasteiger partial charge is 0.463 e. The van der Waals surface area contributed by atoms with Gasteiger partial charge in [0.2, 0.25) is 5.67 Å². The summed E-state index contributed by atoms with van der Waals surface area (Å²) in [7, 11) is 0. The highest BCUT2D eigenvalue weighted by Crippen LogP contribution is 2.31. The van der Waals surface area contributed by atoms with E-state index in [-0.39, 0.29) is 18.1 Å². The molecule has 1 aliphatic rings. The molecule has 1 atom stereocenters. The number of nitrogens with one attached hydrogen (secondary N) is 1. The summed E-state index contributed by atoms with van der Waals surface area (Å²) in [5.74, 6) is -1.10. The molecule has 1 aliphatic carbocycles. The molecule has 0 bridgehead atoms. The molecule has 0 heterocycles. The Balaban J connectivity index is 1.22. The van der Waals surface area contributed by atoms with Crippen molar-refractivity contribution in [2.24, 2.45) is 0 Å². The van der Waals surface area contributed by atoms with E-state index in [4.69, 9.17) is 10.5 Å². The van der Waals surface area contributed by atoms with E-state index < -0.39 is 11.6 Å². The molecule has 1 fully saturated rings. The third kappa shape index (κ3) is 8.67. The number of hydrogen-bond acceptors (Lipinski definition) is 5. The number of rotatable bonds is 13. The third-order valence-corrected chi connectivity index (χ3v) is 9.01. The number of esters is 1. The number of carbonyl (C=O) groups is 2. The van der Waals surface area contributed by atoms with Gasteiger partial charge in [-0.15, -0.1) is 0 Å². The van der Waals surface area contributed by atoms with Crippen molar-refractivity contribution in [1.82, 2.24) is 10.2 Å². The predicted octanol–water partition coefficient (Wildman–Crippen LogP) is 7.79. The maximum atomic E-state index is 15.4. The summed E-state index contributed by atoms with van der Waals surface area (Å²) in [5.41, 5.74) is 8.51. The summed E-state index contributed by atoms with van der Waals surface area (Å²) >= 11 is 3.53. The molecule has 0 saturated heterocycles. The molecule has 1 unspecified atom stereocenters. The fourth-order valence-electron chi connectivity index (χ4n) is 5.66. The zero-order valence-corrected chi connectivity index (χ0v) is 26.8. The van der Waals surface area contributed by atoms with Crippen LogP contribution in [0.4, 0.5) is 10.1 Å². The highest BCUT2D eigenvalue weighted by molar-refractivity contribution is 9.10. The lowest BCUT2D eigenvalue weighted by atomic mass is 9.93. The summed E-state index contributed by atoms with van der Waals surface area (Å²) in [6, 6.07) is 20.8. The fraction of sp³-hybridized carbons (Fsp3) is 0.429. The average molecular weight is 653 g/mol. The molecule has 0 spiro atoms. The van der Waals surface area contributed by atoms with E-state index in [2.05, 4.69) is 33.1 Å². The summed E-state index contributed by atoms with van der Waals surface area (Å²) in [4.78, 5) is 28.0. The number of carbonyl (C=O) groups excluding carboxylic acids is 2. The molecule has 43 heavy (non-hydrogen) atoms. The number of halogens is 2. The van der Waals surface area contributed by atoms with Gasteiger partial charge >= 0.3 is 5.97 Å². The Hall–Kier alpha value is -3.23. The van der Waals surface area contributed by atoms with Crippen molar-refractivity contribution in [2.75, 3.05) is 25.4 Å². The topological polar surface area (TPSA) is 84.7 Å². The number of nitrogens with zero attached hydrogens (tertiary/aromatic N) is 1. The molecule has 8 heteroatoms. The molecule has 0 aliphatic heterocycles. The molecule has 4 rings (SSSR count). The van der Waals surface area contributed by atoms with Crippen LogP contribution in [0.1, 0.15) is 80.3 Å². The highest BCUT2D eigenvalue weighted by Gasteiger charge is 2.37. The minimum Gasteiger partial charge on any atom is -0.463 e. The average Bonchev–Trinajstić information content (AvgIpc) is 3.03.